The Kier molecular flexibility index (Phi) is 4.85. The molecular formula is C21H36N2O. The van der Waals surface area contributed by atoms with E-state index in [9.17, 15) is 5.11 Å². The van der Waals surface area contributed by atoms with Crippen molar-refractivity contribution in [1.82, 2.24) is 0 Å². The maximum atomic E-state index is 10.6. The second kappa shape index (κ2) is 6.48. The van der Waals surface area contributed by atoms with Crippen LogP contribution in [-0.2, 0) is 0 Å². The third-order valence-corrected chi connectivity index (χ3v) is 7.87. The highest BCUT2D eigenvalue weighted by molar-refractivity contribution is 5.77. The van der Waals surface area contributed by atoms with E-state index in [0.717, 1.165) is 55.7 Å². The molecule has 0 aromatic carbocycles. The maximum Gasteiger partial charge on any atom is 0.0619 e. The van der Waals surface area contributed by atoms with Gasteiger partial charge in [-0.15, -0.1) is 0 Å². The Bertz CT molecular complexity index is 524. The van der Waals surface area contributed by atoms with Crippen molar-refractivity contribution in [2.45, 2.75) is 84.2 Å². The van der Waals surface area contributed by atoms with Crippen LogP contribution < -0.4 is 5.73 Å². The van der Waals surface area contributed by atoms with E-state index in [1.807, 2.05) is 6.92 Å². The number of allylic oxidation sites excluding steroid dienone is 2. The molecule has 3 aliphatic rings. The first-order valence-electron chi connectivity index (χ1n) is 9.97. The number of rotatable bonds is 1. The molecular weight excluding hydrogens is 296 g/mol. The summed E-state index contributed by atoms with van der Waals surface area (Å²) in [5, 5.41) is 18.4. The van der Waals surface area contributed by atoms with Gasteiger partial charge in [0.05, 0.1) is 5.60 Å². The predicted octanol–water partition coefficient (Wildman–Crippen LogP) is 4.64. The largest absolute Gasteiger partial charge is 0.402 e. The first kappa shape index (κ1) is 18.0. The van der Waals surface area contributed by atoms with Crippen molar-refractivity contribution >= 4 is 6.21 Å². The number of nitrogens with two attached hydrogens (primary N) is 1. The molecule has 0 aromatic heterocycles. The summed E-state index contributed by atoms with van der Waals surface area (Å²) in [5.74, 6) is 2.84. The lowest BCUT2D eigenvalue weighted by Gasteiger charge is -2.55. The summed E-state index contributed by atoms with van der Waals surface area (Å²) in [6.45, 7) is 6.91. The lowest BCUT2D eigenvalue weighted by atomic mass is 9.50. The van der Waals surface area contributed by atoms with E-state index in [1.54, 1.807) is 0 Å². The van der Waals surface area contributed by atoms with Gasteiger partial charge in [-0.25, -0.2) is 0 Å². The van der Waals surface area contributed by atoms with E-state index in [2.05, 4.69) is 13.8 Å². The summed E-state index contributed by atoms with van der Waals surface area (Å²) >= 11 is 0. The van der Waals surface area contributed by atoms with Crippen LogP contribution in [0.15, 0.2) is 11.3 Å². The minimum Gasteiger partial charge on any atom is -0.402 e. The number of aliphatic hydroxyl groups is 1. The molecule has 0 aromatic rings. The average Bonchev–Trinajstić information content (AvgIpc) is 2.58. The number of hydrogen-bond donors (Lipinski definition) is 3. The third kappa shape index (κ3) is 3.16. The molecule has 2 fully saturated rings. The number of fused-ring (bicyclic) bond motifs is 3. The molecule has 0 radical (unpaired) electrons. The summed E-state index contributed by atoms with van der Waals surface area (Å²) in [5.41, 5.74) is 8.10. The minimum absolute atomic E-state index is 0.281. The van der Waals surface area contributed by atoms with Gasteiger partial charge in [0.25, 0.3) is 0 Å². The zero-order valence-corrected chi connectivity index (χ0v) is 15.8. The quantitative estimate of drug-likeness (QED) is 0.612. The zero-order chi connectivity index (χ0) is 17.5. The van der Waals surface area contributed by atoms with Gasteiger partial charge in [-0.2, -0.15) is 0 Å². The van der Waals surface area contributed by atoms with Crippen LogP contribution in [0.5, 0.6) is 0 Å². The fourth-order valence-corrected chi connectivity index (χ4v) is 6.20. The Hall–Kier alpha value is -0.830. The van der Waals surface area contributed by atoms with Gasteiger partial charge in [0.15, 0.2) is 0 Å². The molecule has 4 N–H and O–H groups in total. The molecule has 0 spiro atoms. The molecule has 0 bridgehead atoms. The fourth-order valence-electron chi connectivity index (χ4n) is 6.20. The first-order chi connectivity index (χ1) is 11.3. The van der Waals surface area contributed by atoms with Gasteiger partial charge in [-0.1, -0.05) is 20.3 Å². The molecule has 4 unspecified atom stereocenters. The van der Waals surface area contributed by atoms with Crippen LogP contribution in [0.4, 0.5) is 0 Å². The van der Waals surface area contributed by atoms with Crippen LogP contribution in [0.1, 0.15) is 78.6 Å². The summed E-state index contributed by atoms with van der Waals surface area (Å²) < 4.78 is 0. The van der Waals surface area contributed by atoms with Crippen molar-refractivity contribution in [2.75, 3.05) is 0 Å². The van der Waals surface area contributed by atoms with Crippen molar-refractivity contribution in [2.24, 2.45) is 34.8 Å². The van der Waals surface area contributed by atoms with Gasteiger partial charge in [0.1, 0.15) is 0 Å². The number of nitrogens with one attached hydrogen (secondary N) is 1. The topological polar surface area (TPSA) is 70.1 Å². The van der Waals surface area contributed by atoms with Crippen LogP contribution in [0, 0.1) is 34.5 Å². The zero-order valence-electron chi connectivity index (χ0n) is 15.8. The molecule has 136 valence electrons. The molecule has 3 rings (SSSR count). The summed E-state index contributed by atoms with van der Waals surface area (Å²) in [6, 6.07) is 0. The van der Waals surface area contributed by atoms with E-state index >= 15 is 0 Å². The van der Waals surface area contributed by atoms with Gasteiger partial charge >= 0.3 is 0 Å². The fraction of sp³-hybridized carbons (Fsp3) is 0.857. The van der Waals surface area contributed by atoms with Crippen LogP contribution in [0.25, 0.3) is 0 Å². The van der Waals surface area contributed by atoms with Gasteiger partial charge < -0.3 is 16.2 Å². The van der Waals surface area contributed by atoms with Gasteiger partial charge in [-0.05, 0) is 93.0 Å². The standard InChI is InChI=1S/C21H36N2O/c1-14-8-10-20(2,24)9-4-5-18-17(14)7-6-16-11-19(23)15(13-22)12-21(16,18)3/h13-14,16-18,22,24H,4-12,23H2,1-3H3/t14?,16?,17?,18?,20-,21+/m1/s1. The van der Waals surface area contributed by atoms with Crippen molar-refractivity contribution in [3.05, 3.63) is 11.3 Å². The molecule has 3 aliphatic carbocycles. The normalized spacial score (nSPS) is 47.0. The van der Waals surface area contributed by atoms with E-state index < -0.39 is 5.60 Å². The molecule has 0 amide bonds. The Morgan fingerprint density at radius 1 is 1.17 bits per heavy atom. The third-order valence-electron chi connectivity index (χ3n) is 7.87. The van der Waals surface area contributed by atoms with Crippen LogP contribution in [-0.4, -0.2) is 16.9 Å². The number of hydrogen-bond acceptors (Lipinski definition) is 3. The molecule has 0 heterocycles. The average molecular weight is 333 g/mol. The molecule has 0 saturated heterocycles. The van der Waals surface area contributed by atoms with E-state index in [-0.39, 0.29) is 5.41 Å². The van der Waals surface area contributed by atoms with Crippen molar-refractivity contribution in [3.8, 4) is 0 Å². The summed E-state index contributed by atoms with van der Waals surface area (Å²) in [6.07, 6.45) is 11.4. The van der Waals surface area contributed by atoms with Crippen LogP contribution in [0.3, 0.4) is 0 Å². The lowest BCUT2D eigenvalue weighted by molar-refractivity contribution is -0.0340. The first-order valence-corrected chi connectivity index (χ1v) is 9.97. The van der Waals surface area contributed by atoms with E-state index in [0.29, 0.717) is 17.8 Å². The molecule has 3 heteroatoms. The second-order valence-corrected chi connectivity index (χ2v) is 9.53. The monoisotopic (exact) mass is 332 g/mol. The lowest BCUT2D eigenvalue weighted by Crippen LogP contribution is -2.48. The Balaban J connectivity index is 1.90. The predicted molar refractivity (Wildman–Crippen MR) is 99.9 cm³/mol. The SMILES string of the molecule is CC1CC[C@](C)(O)CCCC2C1CCC1CC(N)=C(C=N)C[C@@]12C. The van der Waals surface area contributed by atoms with E-state index in [4.69, 9.17) is 11.1 Å². The smallest absolute Gasteiger partial charge is 0.0619 e. The van der Waals surface area contributed by atoms with Crippen LogP contribution >= 0.6 is 0 Å². The highest BCUT2D eigenvalue weighted by Gasteiger charge is 2.51. The summed E-state index contributed by atoms with van der Waals surface area (Å²) in [7, 11) is 0. The Labute approximate surface area is 147 Å². The molecule has 2 saturated carbocycles. The minimum atomic E-state index is -0.487. The second-order valence-electron chi connectivity index (χ2n) is 9.53. The van der Waals surface area contributed by atoms with Crippen molar-refractivity contribution in [1.29, 1.82) is 5.41 Å². The molecule has 3 nitrogen and oxygen atoms in total. The van der Waals surface area contributed by atoms with Crippen molar-refractivity contribution < 1.29 is 5.11 Å². The van der Waals surface area contributed by atoms with E-state index in [1.165, 1.54) is 25.5 Å². The Morgan fingerprint density at radius 2 is 1.92 bits per heavy atom. The molecule has 0 aliphatic heterocycles. The Morgan fingerprint density at radius 3 is 2.62 bits per heavy atom. The van der Waals surface area contributed by atoms with Gasteiger partial charge in [0.2, 0.25) is 0 Å². The van der Waals surface area contributed by atoms with Crippen molar-refractivity contribution in [3.63, 3.8) is 0 Å². The van der Waals surface area contributed by atoms with Gasteiger partial charge in [-0.3, -0.25) is 0 Å². The summed E-state index contributed by atoms with van der Waals surface area (Å²) in [4.78, 5) is 0. The van der Waals surface area contributed by atoms with Gasteiger partial charge in [0, 0.05) is 11.9 Å². The van der Waals surface area contributed by atoms with Crippen LogP contribution in [0.2, 0.25) is 0 Å². The highest BCUT2D eigenvalue weighted by atomic mass is 16.3. The highest BCUT2D eigenvalue weighted by Crippen LogP contribution is 2.59. The molecule has 6 atom stereocenters. The molecule has 24 heavy (non-hydrogen) atoms. The maximum absolute atomic E-state index is 10.6.